The molecule has 0 bridgehead atoms. The number of esters is 2. The number of carbonyl (C=O) groups excluding carboxylic acids is 2. The summed E-state index contributed by atoms with van der Waals surface area (Å²) in [5.41, 5.74) is 3.77. The Balaban J connectivity index is 1.60. The van der Waals surface area contributed by atoms with Gasteiger partial charge in [-0.25, -0.2) is 9.59 Å². The second-order valence-corrected chi connectivity index (χ2v) is 7.86. The maximum atomic E-state index is 11.7. The maximum absolute atomic E-state index is 11.7. The molecule has 4 heteroatoms. The van der Waals surface area contributed by atoms with Gasteiger partial charge in [-0.15, -0.1) is 0 Å². The standard InChI is InChI=1S/C29H26O4/c1-20(2)28(30)32-17-5-6-22-7-9-23(10-8-22)11-12-24-13-14-26-19-27(16-15-25(26)18-24)33-29(31)21(3)4/h7-10,13-16,18-19H,1,3,5-6,17H2,2,4H3. The van der Waals surface area contributed by atoms with Gasteiger partial charge in [0.2, 0.25) is 0 Å². The van der Waals surface area contributed by atoms with E-state index in [2.05, 4.69) is 25.0 Å². The molecule has 0 unspecified atom stereocenters. The van der Waals surface area contributed by atoms with Crippen molar-refractivity contribution < 1.29 is 19.1 Å². The lowest BCUT2D eigenvalue weighted by Gasteiger charge is -2.05. The number of rotatable bonds is 7. The molecule has 0 saturated heterocycles. The van der Waals surface area contributed by atoms with E-state index in [-0.39, 0.29) is 5.97 Å². The zero-order valence-electron chi connectivity index (χ0n) is 18.9. The molecule has 0 spiro atoms. The smallest absolute Gasteiger partial charge is 0.338 e. The predicted octanol–water partition coefficient (Wildman–Crippen LogP) is 5.77. The van der Waals surface area contributed by atoms with Crippen molar-refractivity contribution >= 4 is 22.7 Å². The van der Waals surface area contributed by atoms with Gasteiger partial charge in [0.1, 0.15) is 5.75 Å². The minimum Gasteiger partial charge on any atom is -0.462 e. The molecule has 3 aromatic carbocycles. The van der Waals surface area contributed by atoms with Gasteiger partial charge in [-0.2, -0.15) is 0 Å². The molecule has 0 heterocycles. The van der Waals surface area contributed by atoms with Crippen molar-refractivity contribution in [2.24, 2.45) is 0 Å². The second-order valence-electron chi connectivity index (χ2n) is 7.86. The molecule has 0 radical (unpaired) electrons. The van der Waals surface area contributed by atoms with E-state index in [0.717, 1.165) is 34.7 Å². The summed E-state index contributed by atoms with van der Waals surface area (Å²) < 4.78 is 10.4. The quantitative estimate of drug-likeness (QED) is 0.154. The van der Waals surface area contributed by atoms with E-state index in [1.165, 1.54) is 5.56 Å². The third-order valence-corrected chi connectivity index (χ3v) is 4.87. The molecule has 0 N–H and O–H groups in total. The van der Waals surface area contributed by atoms with Crippen molar-refractivity contribution in [3.8, 4) is 17.6 Å². The minimum atomic E-state index is -0.436. The fraction of sp³-hybridized carbons (Fsp3) is 0.172. The van der Waals surface area contributed by atoms with Gasteiger partial charge in [-0.05, 0) is 79.4 Å². The summed E-state index contributed by atoms with van der Waals surface area (Å²) in [4.78, 5) is 23.1. The van der Waals surface area contributed by atoms with Gasteiger partial charge in [0.05, 0.1) is 6.61 Å². The highest BCUT2D eigenvalue weighted by atomic mass is 16.5. The number of aryl methyl sites for hydroxylation is 1. The van der Waals surface area contributed by atoms with Crippen molar-refractivity contribution in [3.05, 3.63) is 102 Å². The van der Waals surface area contributed by atoms with Gasteiger partial charge in [0, 0.05) is 22.3 Å². The largest absolute Gasteiger partial charge is 0.462 e. The van der Waals surface area contributed by atoms with Crippen molar-refractivity contribution in [1.82, 2.24) is 0 Å². The third-order valence-electron chi connectivity index (χ3n) is 4.87. The first-order valence-corrected chi connectivity index (χ1v) is 10.7. The molecule has 0 aliphatic rings. The zero-order valence-corrected chi connectivity index (χ0v) is 18.9. The fourth-order valence-corrected chi connectivity index (χ4v) is 3.02. The fourth-order valence-electron chi connectivity index (χ4n) is 3.02. The molecule has 0 aliphatic heterocycles. The topological polar surface area (TPSA) is 52.6 Å². The lowest BCUT2D eigenvalue weighted by Crippen LogP contribution is -2.07. The van der Waals surface area contributed by atoms with Gasteiger partial charge in [-0.3, -0.25) is 0 Å². The Bertz CT molecular complexity index is 1270. The first kappa shape index (κ1) is 23.6. The SMILES string of the molecule is C=C(C)C(=O)OCCCc1ccc(C#Cc2ccc3cc(OC(=O)C(=C)C)ccc3c2)cc1. The van der Waals surface area contributed by atoms with Crippen LogP contribution in [-0.4, -0.2) is 18.5 Å². The lowest BCUT2D eigenvalue weighted by atomic mass is 10.1. The van der Waals surface area contributed by atoms with E-state index < -0.39 is 5.97 Å². The molecular weight excluding hydrogens is 412 g/mol. The highest BCUT2D eigenvalue weighted by Gasteiger charge is 2.06. The Kier molecular flexibility index (Phi) is 7.83. The first-order chi connectivity index (χ1) is 15.8. The summed E-state index contributed by atoms with van der Waals surface area (Å²) in [5.74, 6) is 6.09. The number of benzene rings is 3. The maximum Gasteiger partial charge on any atom is 0.338 e. The second kappa shape index (κ2) is 11.0. The summed E-state index contributed by atoms with van der Waals surface area (Å²) >= 11 is 0. The molecule has 166 valence electrons. The number of ether oxygens (including phenoxy) is 2. The summed E-state index contributed by atoms with van der Waals surface area (Å²) in [5, 5.41) is 1.98. The molecule has 0 amide bonds. The average molecular weight is 439 g/mol. The van der Waals surface area contributed by atoms with Crippen LogP contribution < -0.4 is 4.74 Å². The van der Waals surface area contributed by atoms with E-state index in [1.54, 1.807) is 19.9 Å². The molecule has 4 nitrogen and oxygen atoms in total. The van der Waals surface area contributed by atoms with Crippen LogP contribution >= 0.6 is 0 Å². The Morgan fingerprint density at radius 2 is 1.39 bits per heavy atom. The highest BCUT2D eigenvalue weighted by Crippen LogP contribution is 2.22. The van der Waals surface area contributed by atoms with Crippen molar-refractivity contribution in [2.45, 2.75) is 26.7 Å². The molecule has 0 atom stereocenters. The van der Waals surface area contributed by atoms with Crippen LogP contribution in [0.15, 0.2) is 85.0 Å². The van der Waals surface area contributed by atoms with Crippen LogP contribution in [-0.2, 0) is 20.7 Å². The predicted molar refractivity (Wildman–Crippen MR) is 131 cm³/mol. The van der Waals surface area contributed by atoms with Crippen LogP contribution in [0.1, 0.15) is 37.0 Å². The van der Waals surface area contributed by atoms with Gasteiger partial charge >= 0.3 is 11.9 Å². The van der Waals surface area contributed by atoms with Crippen LogP contribution in [0.4, 0.5) is 0 Å². The number of hydrogen-bond donors (Lipinski definition) is 0. The van der Waals surface area contributed by atoms with E-state index in [0.29, 0.717) is 23.5 Å². The number of hydrogen-bond acceptors (Lipinski definition) is 4. The molecule has 0 aromatic heterocycles. The van der Waals surface area contributed by atoms with Crippen LogP contribution in [0.3, 0.4) is 0 Å². The van der Waals surface area contributed by atoms with Crippen LogP contribution in [0.5, 0.6) is 5.75 Å². The molecule has 3 rings (SSSR count). The van der Waals surface area contributed by atoms with Gasteiger partial charge in [0.15, 0.2) is 0 Å². The summed E-state index contributed by atoms with van der Waals surface area (Å²) in [7, 11) is 0. The molecule has 3 aromatic rings. The van der Waals surface area contributed by atoms with Crippen molar-refractivity contribution in [3.63, 3.8) is 0 Å². The first-order valence-electron chi connectivity index (χ1n) is 10.7. The molecular formula is C29H26O4. The normalized spacial score (nSPS) is 10.1. The molecule has 0 fully saturated rings. The lowest BCUT2D eigenvalue weighted by molar-refractivity contribution is -0.139. The monoisotopic (exact) mass is 438 g/mol. The number of carbonyl (C=O) groups is 2. The van der Waals surface area contributed by atoms with E-state index in [4.69, 9.17) is 9.47 Å². The Labute approximate surface area is 194 Å². The van der Waals surface area contributed by atoms with Gasteiger partial charge in [0.25, 0.3) is 0 Å². The summed E-state index contributed by atoms with van der Waals surface area (Å²) in [6.45, 7) is 10.8. The number of fused-ring (bicyclic) bond motifs is 1. The van der Waals surface area contributed by atoms with E-state index in [9.17, 15) is 9.59 Å². The Hall–Kier alpha value is -4.10. The average Bonchev–Trinajstić information content (AvgIpc) is 2.80. The summed E-state index contributed by atoms with van der Waals surface area (Å²) in [6, 6.07) is 19.5. The van der Waals surface area contributed by atoms with Crippen LogP contribution in [0.25, 0.3) is 10.8 Å². The third kappa shape index (κ3) is 6.95. The molecule has 0 aliphatic carbocycles. The van der Waals surface area contributed by atoms with E-state index in [1.807, 2.05) is 54.6 Å². The van der Waals surface area contributed by atoms with Gasteiger partial charge < -0.3 is 9.47 Å². The Morgan fingerprint density at radius 3 is 2.09 bits per heavy atom. The molecule has 0 saturated carbocycles. The minimum absolute atomic E-state index is 0.346. The molecule has 33 heavy (non-hydrogen) atoms. The Morgan fingerprint density at radius 1 is 0.788 bits per heavy atom. The summed E-state index contributed by atoms with van der Waals surface area (Å²) in [6.07, 6.45) is 1.58. The van der Waals surface area contributed by atoms with Crippen LogP contribution in [0.2, 0.25) is 0 Å². The zero-order chi connectivity index (χ0) is 23.8. The van der Waals surface area contributed by atoms with Crippen LogP contribution in [0, 0.1) is 11.8 Å². The van der Waals surface area contributed by atoms with Gasteiger partial charge in [-0.1, -0.05) is 49.3 Å². The van der Waals surface area contributed by atoms with Crippen molar-refractivity contribution in [1.29, 1.82) is 0 Å². The van der Waals surface area contributed by atoms with Crippen molar-refractivity contribution in [2.75, 3.05) is 6.61 Å². The van der Waals surface area contributed by atoms with E-state index >= 15 is 0 Å². The highest BCUT2D eigenvalue weighted by molar-refractivity contribution is 5.90.